The number of hydrogen-bond donors (Lipinski definition) is 3. The van der Waals surface area contributed by atoms with Gasteiger partial charge in [-0.15, -0.1) is 6.58 Å². The molecule has 15 heteroatoms. The van der Waals surface area contributed by atoms with E-state index < -0.39 is 80.3 Å². The second-order valence-corrected chi connectivity index (χ2v) is 18.8. The number of amides is 4. The fourth-order valence-corrected chi connectivity index (χ4v) is 9.12. The highest BCUT2D eigenvalue weighted by atomic mass is 32.2. The van der Waals surface area contributed by atoms with E-state index in [1.165, 1.54) is 11.0 Å². The fourth-order valence-electron chi connectivity index (χ4n) is 7.76. The Kier molecular flexibility index (Phi) is 11.4. The molecule has 2 saturated carbocycles. The number of hydrogen-bond acceptors (Lipinski definition) is 10. The number of benzene rings is 2. The molecular formula is C43H52N6O8S. The van der Waals surface area contributed by atoms with Gasteiger partial charge in [-0.05, 0) is 82.4 Å². The van der Waals surface area contributed by atoms with Crippen LogP contribution in [0.15, 0.2) is 67.3 Å². The fraction of sp³-hybridized carbons (Fsp3) is 0.488. The minimum absolute atomic E-state index is 0.00653. The van der Waals surface area contributed by atoms with Crippen LogP contribution in [0.2, 0.25) is 0 Å². The lowest BCUT2D eigenvalue weighted by molar-refractivity contribution is -0.141. The Morgan fingerprint density at radius 2 is 1.81 bits per heavy atom. The topological polar surface area (TPSA) is 186 Å². The number of nitrogens with zero attached hydrogens (tertiary/aromatic N) is 3. The van der Waals surface area contributed by atoms with E-state index in [-0.39, 0.29) is 25.3 Å². The van der Waals surface area contributed by atoms with Crippen LogP contribution >= 0.6 is 0 Å². The lowest BCUT2D eigenvalue weighted by Crippen LogP contribution is -2.59. The van der Waals surface area contributed by atoms with Crippen LogP contribution in [0.3, 0.4) is 0 Å². The molecule has 5 bridgehead atoms. The number of carbonyl (C=O) groups excluding carboxylic acids is 4. The number of alkyl carbamates (subject to hydrolysis) is 1. The van der Waals surface area contributed by atoms with Crippen molar-refractivity contribution in [3.8, 4) is 17.1 Å². The molecule has 14 nitrogen and oxygen atoms in total. The smallest absolute Gasteiger partial charge is 0.408 e. The molecule has 3 heterocycles. The highest BCUT2D eigenvalue weighted by Crippen LogP contribution is 2.45. The first-order valence-corrected chi connectivity index (χ1v) is 21.6. The summed E-state index contributed by atoms with van der Waals surface area (Å²) in [4.78, 5) is 67.4. The number of cyclic esters (lactones) is 1. The maximum absolute atomic E-state index is 14.6. The van der Waals surface area contributed by atoms with Crippen LogP contribution in [-0.2, 0) is 29.1 Å². The van der Waals surface area contributed by atoms with E-state index in [0.29, 0.717) is 36.0 Å². The number of allylic oxidation sites excluding steroid dienone is 1. The number of sulfonamides is 1. The van der Waals surface area contributed by atoms with Crippen LogP contribution in [-0.4, -0.2) is 88.2 Å². The molecule has 2 aliphatic heterocycles. The van der Waals surface area contributed by atoms with E-state index in [0.717, 1.165) is 30.4 Å². The first kappa shape index (κ1) is 40.9. The van der Waals surface area contributed by atoms with E-state index >= 15 is 0 Å². The van der Waals surface area contributed by atoms with Crippen LogP contribution in [0.25, 0.3) is 28.4 Å². The molecule has 1 saturated heterocycles. The molecule has 4 amide bonds. The van der Waals surface area contributed by atoms with Gasteiger partial charge in [0, 0.05) is 17.9 Å². The Labute approximate surface area is 339 Å². The molecule has 3 N–H and O–H groups in total. The normalized spacial score (nSPS) is 26.9. The molecule has 7 rings (SSSR count). The SMILES string of the molecule is C=C[C@@H]1C[C@@]1(NC(=O)[C@@H]1C[C@@H]2CN1C(=O)[C@H](C(C)C)NC(=O)OC(C)(C)CCCC/C=C/c1ccc3nc(-c4ccccc4)c(nc3c1)O2)C(=O)NS(=O)(=O)C1CC1. The van der Waals surface area contributed by atoms with Crippen molar-refractivity contribution in [1.29, 1.82) is 0 Å². The van der Waals surface area contributed by atoms with Gasteiger partial charge >= 0.3 is 6.09 Å². The molecule has 4 aliphatic rings. The number of carbonyl (C=O) groups is 4. The summed E-state index contributed by atoms with van der Waals surface area (Å²) in [5.41, 5.74) is 1.04. The molecule has 308 valence electrons. The molecule has 5 atom stereocenters. The second kappa shape index (κ2) is 16.1. The summed E-state index contributed by atoms with van der Waals surface area (Å²) in [5, 5.41) is 4.94. The quantitative estimate of drug-likeness (QED) is 0.248. The summed E-state index contributed by atoms with van der Waals surface area (Å²) >= 11 is 0. The standard InChI is InChI=1S/C43H52N6O8S/c1-6-29-24-43(29,40(52)48-58(54,55)31-18-19-31)47-37(50)34-23-30-25-49(34)39(51)35(26(2)3)46-41(53)57-42(4,5)21-13-8-7-10-14-27-17-20-32-33(22-27)45-38(56-30)36(44-32)28-15-11-9-12-16-28/h6,9-12,14-17,20,22,26,29-31,34-35H,1,7-8,13,18-19,21,23-25H2,2-5H3,(H,46,53)(H,47,50)(H,48,52)/b14-10+/t29-,30-,34+,35+,43+/m1/s1. The van der Waals surface area contributed by atoms with Gasteiger partial charge in [-0.25, -0.2) is 23.2 Å². The Morgan fingerprint density at radius 3 is 2.50 bits per heavy atom. The Balaban J connectivity index is 1.26. The van der Waals surface area contributed by atoms with Gasteiger partial charge in [-0.2, -0.15) is 0 Å². The molecule has 0 radical (unpaired) electrons. The summed E-state index contributed by atoms with van der Waals surface area (Å²) < 4.78 is 40.2. The molecule has 3 fully saturated rings. The largest absolute Gasteiger partial charge is 0.471 e. The minimum Gasteiger partial charge on any atom is -0.471 e. The molecule has 0 unspecified atom stereocenters. The van der Waals surface area contributed by atoms with Gasteiger partial charge in [0.2, 0.25) is 27.7 Å². The van der Waals surface area contributed by atoms with Crippen LogP contribution < -0.4 is 20.1 Å². The molecular weight excluding hydrogens is 761 g/mol. The molecule has 2 aromatic carbocycles. The molecule has 0 spiro atoms. The van der Waals surface area contributed by atoms with E-state index in [9.17, 15) is 27.6 Å². The van der Waals surface area contributed by atoms with Crippen LogP contribution in [0.4, 0.5) is 4.79 Å². The summed E-state index contributed by atoms with van der Waals surface area (Å²) in [6.45, 7) is 11.0. The van der Waals surface area contributed by atoms with E-state index in [1.54, 1.807) is 13.8 Å². The number of ether oxygens (including phenoxy) is 2. The first-order valence-electron chi connectivity index (χ1n) is 20.1. The van der Waals surface area contributed by atoms with Gasteiger partial charge in [0.15, 0.2) is 0 Å². The Hall–Kier alpha value is -5.31. The monoisotopic (exact) mass is 812 g/mol. The predicted molar refractivity (Wildman–Crippen MR) is 219 cm³/mol. The number of aromatic nitrogens is 2. The van der Waals surface area contributed by atoms with Crippen molar-refractivity contribution in [1.82, 2.24) is 30.2 Å². The van der Waals surface area contributed by atoms with Crippen molar-refractivity contribution in [2.75, 3.05) is 6.54 Å². The molecule has 1 aromatic heterocycles. The Morgan fingerprint density at radius 1 is 1.05 bits per heavy atom. The van der Waals surface area contributed by atoms with Crippen molar-refractivity contribution in [2.45, 2.75) is 114 Å². The van der Waals surface area contributed by atoms with E-state index in [1.807, 2.05) is 68.5 Å². The third kappa shape index (κ3) is 8.88. The number of rotatable bonds is 8. The zero-order valence-corrected chi connectivity index (χ0v) is 34.2. The maximum atomic E-state index is 14.6. The van der Waals surface area contributed by atoms with Crippen molar-refractivity contribution in [3.63, 3.8) is 0 Å². The van der Waals surface area contributed by atoms with Crippen molar-refractivity contribution in [2.24, 2.45) is 11.8 Å². The molecule has 3 aromatic rings. The lowest BCUT2D eigenvalue weighted by atomic mass is 10.00. The predicted octanol–water partition coefficient (Wildman–Crippen LogP) is 5.43. The van der Waals surface area contributed by atoms with Crippen LogP contribution in [0, 0.1) is 11.8 Å². The zero-order valence-electron chi connectivity index (χ0n) is 33.4. The van der Waals surface area contributed by atoms with Crippen molar-refractivity contribution >= 4 is 50.9 Å². The van der Waals surface area contributed by atoms with Gasteiger partial charge in [-0.3, -0.25) is 19.1 Å². The van der Waals surface area contributed by atoms with E-state index in [4.69, 9.17) is 19.4 Å². The van der Waals surface area contributed by atoms with Crippen LogP contribution in [0.1, 0.15) is 84.6 Å². The van der Waals surface area contributed by atoms with E-state index in [2.05, 4.69) is 28.0 Å². The van der Waals surface area contributed by atoms with Crippen molar-refractivity contribution in [3.05, 3.63) is 72.8 Å². The van der Waals surface area contributed by atoms with Gasteiger partial charge in [0.1, 0.15) is 35.0 Å². The molecule has 2 aliphatic carbocycles. The summed E-state index contributed by atoms with van der Waals surface area (Å²) in [6, 6.07) is 13.0. The summed E-state index contributed by atoms with van der Waals surface area (Å²) in [6.07, 6.45) is 8.23. The zero-order chi connectivity index (χ0) is 41.4. The number of fused-ring (bicyclic) bond motifs is 4. The van der Waals surface area contributed by atoms with Crippen molar-refractivity contribution < 1.29 is 37.1 Å². The summed E-state index contributed by atoms with van der Waals surface area (Å²) in [5.74, 6) is -2.80. The summed E-state index contributed by atoms with van der Waals surface area (Å²) in [7, 11) is -3.92. The highest BCUT2D eigenvalue weighted by molar-refractivity contribution is 7.91. The third-order valence-electron chi connectivity index (χ3n) is 11.4. The highest BCUT2D eigenvalue weighted by Gasteiger charge is 2.62. The minimum atomic E-state index is -3.92. The molecule has 58 heavy (non-hydrogen) atoms. The van der Waals surface area contributed by atoms with Gasteiger partial charge in [-0.1, -0.05) is 68.5 Å². The van der Waals surface area contributed by atoms with Gasteiger partial charge in [0.25, 0.3) is 5.91 Å². The first-order chi connectivity index (χ1) is 27.6. The Bertz CT molecular complexity index is 2240. The van der Waals surface area contributed by atoms with Crippen LogP contribution in [0.5, 0.6) is 5.88 Å². The maximum Gasteiger partial charge on any atom is 0.408 e. The average molecular weight is 813 g/mol. The van der Waals surface area contributed by atoms with Gasteiger partial charge in [0.05, 0.1) is 22.8 Å². The third-order valence-corrected chi connectivity index (χ3v) is 13.2. The average Bonchev–Trinajstić information content (AvgIpc) is 4.11. The number of nitrogens with one attached hydrogen (secondary N) is 3. The lowest BCUT2D eigenvalue weighted by Gasteiger charge is -2.32. The second-order valence-electron chi connectivity index (χ2n) is 16.8. The van der Waals surface area contributed by atoms with Gasteiger partial charge < -0.3 is 25.0 Å².